The molecule has 7 heteroatoms. The number of Topliss-reactive ketones (excluding diaryl/α,β-unsaturated/α-hetero) is 1. The van der Waals surface area contributed by atoms with Gasteiger partial charge in [-0.3, -0.25) is 4.79 Å². The van der Waals surface area contributed by atoms with E-state index >= 15 is 0 Å². The number of aromatic amines is 1. The van der Waals surface area contributed by atoms with E-state index in [4.69, 9.17) is 25.8 Å². The number of methoxy groups -OCH3 is 1. The summed E-state index contributed by atoms with van der Waals surface area (Å²) in [6, 6.07) is 19.3. The highest BCUT2D eigenvalue weighted by Crippen LogP contribution is 2.37. The van der Waals surface area contributed by atoms with Crippen LogP contribution in [0.1, 0.15) is 39.3 Å². The molecule has 6 nitrogen and oxygen atoms in total. The Morgan fingerprint density at radius 3 is 2.48 bits per heavy atom. The monoisotopic (exact) mass is 463 g/mol. The maximum atomic E-state index is 13.5. The molecular weight excluding hydrogens is 442 g/mol. The van der Waals surface area contributed by atoms with E-state index in [1.807, 2.05) is 37.3 Å². The van der Waals surface area contributed by atoms with E-state index < -0.39 is 12.1 Å². The molecule has 1 N–H and O–H groups in total. The first kappa shape index (κ1) is 22.4. The summed E-state index contributed by atoms with van der Waals surface area (Å²) in [5.41, 5.74) is 1.97. The number of benzene rings is 3. The molecule has 4 aromatic rings. The number of carbonyl (C=O) groups excluding carboxylic acids is 2. The second-order valence-corrected chi connectivity index (χ2v) is 7.64. The molecule has 0 radical (unpaired) electrons. The van der Waals surface area contributed by atoms with Crippen LogP contribution >= 0.6 is 11.6 Å². The van der Waals surface area contributed by atoms with Crippen LogP contribution in [0, 0.1) is 0 Å². The van der Waals surface area contributed by atoms with Gasteiger partial charge in [0.25, 0.3) is 0 Å². The van der Waals surface area contributed by atoms with Crippen molar-refractivity contribution in [2.75, 3.05) is 13.7 Å². The number of ketones is 1. The molecular formula is C26H22ClNO5. The van der Waals surface area contributed by atoms with Gasteiger partial charge in [0.1, 0.15) is 0 Å². The third-order valence-electron chi connectivity index (χ3n) is 5.17. The minimum atomic E-state index is -1.14. The number of H-pyrrole nitrogens is 1. The van der Waals surface area contributed by atoms with Gasteiger partial charge in [0.2, 0.25) is 5.78 Å². The van der Waals surface area contributed by atoms with Gasteiger partial charge >= 0.3 is 5.97 Å². The van der Waals surface area contributed by atoms with Gasteiger partial charge in [0.15, 0.2) is 17.6 Å². The Labute approximate surface area is 196 Å². The highest BCUT2D eigenvalue weighted by atomic mass is 35.5. The minimum absolute atomic E-state index is 0.146. The first-order chi connectivity index (χ1) is 16.0. The molecule has 1 atom stereocenters. The van der Waals surface area contributed by atoms with E-state index in [9.17, 15) is 9.59 Å². The Hall–Kier alpha value is -3.77. The van der Waals surface area contributed by atoms with Crippen molar-refractivity contribution in [3.05, 3.63) is 94.6 Å². The normalized spacial score (nSPS) is 11.7. The van der Waals surface area contributed by atoms with Gasteiger partial charge in [-0.25, -0.2) is 4.79 Å². The quantitative estimate of drug-likeness (QED) is 0.256. The summed E-state index contributed by atoms with van der Waals surface area (Å²) in [7, 11) is 1.45. The van der Waals surface area contributed by atoms with E-state index in [0.29, 0.717) is 29.2 Å². The van der Waals surface area contributed by atoms with Crippen LogP contribution in [0.3, 0.4) is 0 Å². The van der Waals surface area contributed by atoms with Crippen LogP contribution < -0.4 is 9.47 Å². The smallest absolute Gasteiger partial charge is 0.339 e. The molecule has 168 valence electrons. The molecule has 1 heterocycles. The number of hydrogen-bond donors (Lipinski definition) is 1. The van der Waals surface area contributed by atoms with Gasteiger partial charge in [-0.1, -0.05) is 60.1 Å². The van der Waals surface area contributed by atoms with Crippen LogP contribution in [0.2, 0.25) is 5.02 Å². The lowest BCUT2D eigenvalue weighted by Gasteiger charge is -2.18. The Kier molecular flexibility index (Phi) is 6.66. The lowest BCUT2D eigenvalue weighted by atomic mass is 9.99. The van der Waals surface area contributed by atoms with Gasteiger partial charge in [0.05, 0.1) is 24.3 Å². The number of esters is 1. The van der Waals surface area contributed by atoms with Crippen LogP contribution in [0.25, 0.3) is 10.9 Å². The number of hydrogen-bond acceptors (Lipinski definition) is 5. The first-order valence-corrected chi connectivity index (χ1v) is 10.8. The van der Waals surface area contributed by atoms with Crippen molar-refractivity contribution in [3.8, 4) is 11.5 Å². The van der Waals surface area contributed by atoms with Gasteiger partial charge in [-0.2, -0.15) is 0 Å². The molecule has 0 aliphatic heterocycles. The third-order valence-corrected chi connectivity index (χ3v) is 5.45. The van der Waals surface area contributed by atoms with Crippen molar-refractivity contribution in [1.29, 1.82) is 0 Å². The van der Waals surface area contributed by atoms with Crippen molar-refractivity contribution in [2.45, 2.75) is 13.0 Å². The number of rotatable bonds is 8. The van der Waals surface area contributed by atoms with E-state index in [2.05, 4.69) is 4.98 Å². The summed E-state index contributed by atoms with van der Waals surface area (Å²) in [4.78, 5) is 29.8. The number of halogens is 1. The molecule has 3 aromatic carbocycles. The van der Waals surface area contributed by atoms with Gasteiger partial charge in [-0.05, 0) is 25.1 Å². The fraction of sp³-hybridized carbons (Fsp3) is 0.154. The standard InChI is InChI=1S/C26H22ClNO5/c1-3-32-25-20(27)13-17(14-22(25)31-2)26(30)33-24(16-9-5-4-6-10-16)23(29)19-15-28-21-12-8-7-11-18(19)21/h4-15,24,28H,3H2,1-2H3/t24-/m1/s1. The van der Waals surface area contributed by atoms with Crippen molar-refractivity contribution >= 4 is 34.3 Å². The fourth-order valence-electron chi connectivity index (χ4n) is 3.61. The maximum absolute atomic E-state index is 13.5. The van der Waals surface area contributed by atoms with Crippen LogP contribution in [0.4, 0.5) is 0 Å². The maximum Gasteiger partial charge on any atom is 0.339 e. The van der Waals surface area contributed by atoms with Gasteiger partial charge < -0.3 is 19.2 Å². The van der Waals surface area contributed by atoms with Crippen LogP contribution in [-0.2, 0) is 4.74 Å². The van der Waals surface area contributed by atoms with Crippen LogP contribution in [0.5, 0.6) is 11.5 Å². The minimum Gasteiger partial charge on any atom is -0.493 e. The van der Waals surface area contributed by atoms with E-state index in [1.165, 1.54) is 19.2 Å². The summed E-state index contributed by atoms with van der Waals surface area (Å²) in [6.07, 6.45) is 0.488. The van der Waals surface area contributed by atoms with Crippen molar-refractivity contribution in [2.24, 2.45) is 0 Å². The largest absolute Gasteiger partial charge is 0.493 e. The molecule has 0 amide bonds. The molecule has 0 spiro atoms. The number of aromatic nitrogens is 1. The van der Waals surface area contributed by atoms with Crippen molar-refractivity contribution in [3.63, 3.8) is 0 Å². The zero-order valence-corrected chi connectivity index (χ0v) is 18.9. The highest BCUT2D eigenvalue weighted by molar-refractivity contribution is 6.32. The van der Waals surface area contributed by atoms with Crippen LogP contribution in [0.15, 0.2) is 72.9 Å². The first-order valence-electron chi connectivity index (χ1n) is 10.4. The van der Waals surface area contributed by atoms with Crippen molar-refractivity contribution in [1.82, 2.24) is 4.98 Å². The molecule has 0 saturated heterocycles. The number of ether oxygens (including phenoxy) is 3. The summed E-state index contributed by atoms with van der Waals surface area (Å²) >= 11 is 6.31. The molecule has 0 fully saturated rings. The Balaban J connectivity index is 1.70. The predicted octanol–water partition coefficient (Wildman–Crippen LogP) is 6.01. The molecule has 33 heavy (non-hydrogen) atoms. The number of carbonyl (C=O) groups is 2. The van der Waals surface area contributed by atoms with Gasteiger partial charge in [-0.15, -0.1) is 0 Å². The SMILES string of the molecule is CCOc1c(Cl)cc(C(=O)O[C@@H](C(=O)c2c[nH]c3ccccc23)c2ccccc2)cc1OC. The van der Waals surface area contributed by atoms with Crippen LogP contribution in [-0.4, -0.2) is 30.5 Å². The van der Waals surface area contributed by atoms with E-state index in [1.54, 1.807) is 30.5 Å². The molecule has 0 aliphatic rings. The molecule has 4 rings (SSSR count). The summed E-state index contributed by atoms with van der Waals surface area (Å²) in [5.74, 6) is -0.403. The molecule has 0 saturated carbocycles. The fourth-order valence-corrected chi connectivity index (χ4v) is 3.88. The van der Waals surface area contributed by atoms with E-state index in [0.717, 1.165) is 10.9 Å². The molecule has 1 aromatic heterocycles. The highest BCUT2D eigenvalue weighted by Gasteiger charge is 2.29. The second kappa shape index (κ2) is 9.79. The zero-order valence-electron chi connectivity index (χ0n) is 18.1. The summed E-state index contributed by atoms with van der Waals surface area (Å²) in [5, 5.41) is 0.965. The number of fused-ring (bicyclic) bond motifs is 1. The lowest BCUT2D eigenvalue weighted by molar-refractivity contribution is 0.0280. The number of para-hydroxylation sites is 1. The Morgan fingerprint density at radius 1 is 1.03 bits per heavy atom. The van der Waals surface area contributed by atoms with E-state index in [-0.39, 0.29) is 16.4 Å². The average Bonchev–Trinajstić information content (AvgIpc) is 3.28. The summed E-state index contributed by atoms with van der Waals surface area (Å²) < 4.78 is 16.6. The third kappa shape index (κ3) is 4.56. The second-order valence-electron chi connectivity index (χ2n) is 7.23. The Bertz CT molecular complexity index is 1300. The summed E-state index contributed by atoms with van der Waals surface area (Å²) in [6.45, 7) is 2.20. The molecule has 0 aliphatic carbocycles. The molecule has 0 bridgehead atoms. The average molecular weight is 464 g/mol. The zero-order chi connectivity index (χ0) is 23.4. The van der Waals surface area contributed by atoms with Crippen molar-refractivity contribution < 1.29 is 23.8 Å². The van der Waals surface area contributed by atoms with Gasteiger partial charge in [0, 0.05) is 28.2 Å². The lowest BCUT2D eigenvalue weighted by Crippen LogP contribution is -2.20. The topological polar surface area (TPSA) is 77.6 Å². The predicted molar refractivity (Wildman–Crippen MR) is 126 cm³/mol. The Morgan fingerprint density at radius 2 is 1.76 bits per heavy atom. The molecule has 0 unspecified atom stereocenters. The number of nitrogens with one attached hydrogen (secondary N) is 1.